The third kappa shape index (κ3) is 4.38. The van der Waals surface area contributed by atoms with Crippen molar-refractivity contribution in [1.82, 2.24) is 10.3 Å². The highest BCUT2D eigenvalue weighted by atomic mass is 19.1. The van der Waals surface area contributed by atoms with Crippen LogP contribution in [0, 0.1) is 5.82 Å². The van der Waals surface area contributed by atoms with Crippen molar-refractivity contribution in [3.05, 3.63) is 29.8 Å². The topological polar surface area (TPSA) is 24.9 Å². The van der Waals surface area contributed by atoms with Crippen molar-refractivity contribution in [2.75, 3.05) is 6.54 Å². The van der Waals surface area contributed by atoms with Crippen molar-refractivity contribution in [3.8, 4) is 0 Å². The summed E-state index contributed by atoms with van der Waals surface area (Å²) in [5, 5.41) is 3.45. The average molecular weight is 210 g/mol. The van der Waals surface area contributed by atoms with Crippen LogP contribution in [-0.4, -0.2) is 17.6 Å². The fraction of sp³-hybridized carbons (Fsp3) is 0.583. The first kappa shape index (κ1) is 12.1. The molecule has 0 spiro atoms. The van der Waals surface area contributed by atoms with Gasteiger partial charge in [0.2, 0.25) is 0 Å². The molecule has 0 fully saturated rings. The van der Waals surface area contributed by atoms with Crippen molar-refractivity contribution in [1.29, 1.82) is 0 Å². The third-order valence-electron chi connectivity index (χ3n) is 2.42. The second kappa shape index (κ2) is 6.51. The van der Waals surface area contributed by atoms with Crippen LogP contribution in [0.15, 0.2) is 18.3 Å². The van der Waals surface area contributed by atoms with E-state index in [1.54, 1.807) is 6.07 Å². The molecule has 0 aliphatic rings. The van der Waals surface area contributed by atoms with Gasteiger partial charge in [0.15, 0.2) is 0 Å². The lowest BCUT2D eigenvalue weighted by Gasteiger charge is -2.15. The van der Waals surface area contributed by atoms with Crippen LogP contribution >= 0.6 is 0 Å². The standard InChI is InChI=1S/C12H19FN2/c1-3-7-14-11(4-2)8-12-6-5-10(13)9-15-12/h5-6,9,11,14H,3-4,7-8H2,1-2H3. The van der Waals surface area contributed by atoms with E-state index in [0.29, 0.717) is 6.04 Å². The molecule has 3 heteroatoms. The molecule has 0 aliphatic heterocycles. The Labute approximate surface area is 90.9 Å². The molecule has 1 aromatic heterocycles. The molecule has 0 saturated carbocycles. The van der Waals surface area contributed by atoms with Crippen LogP contribution in [0.5, 0.6) is 0 Å². The molecule has 1 atom stereocenters. The van der Waals surface area contributed by atoms with Crippen molar-refractivity contribution >= 4 is 0 Å². The zero-order chi connectivity index (χ0) is 11.1. The van der Waals surface area contributed by atoms with Gasteiger partial charge in [-0.25, -0.2) is 4.39 Å². The van der Waals surface area contributed by atoms with Gasteiger partial charge in [-0.1, -0.05) is 13.8 Å². The van der Waals surface area contributed by atoms with Crippen LogP contribution in [0.25, 0.3) is 0 Å². The molecule has 0 bridgehead atoms. The Morgan fingerprint density at radius 3 is 2.73 bits per heavy atom. The summed E-state index contributed by atoms with van der Waals surface area (Å²) >= 11 is 0. The summed E-state index contributed by atoms with van der Waals surface area (Å²) in [6, 6.07) is 3.67. The number of nitrogens with zero attached hydrogens (tertiary/aromatic N) is 1. The number of aromatic nitrogens is 1. The number of hydrogen-bond donors (Lipinski definition) is 1. The molecule has 1 heterocycles. The van der Waals surface area contributed by atoms with Crippen molar-refractivity contribution in [3.63, 3.8) is 0 Å². The Balaban J connectivity index is 2.47. The van der Waals surface area contributed by atoms with Gasteiger partial charge in [0, 0.05) is 18.2 Å². The number of hydrogen-bond acceptors (Lipinski definition) is 2. The lowest BCUT2D eigenvalue weighted by Crippen LogP contribution is -2.31. The van der Waals surface area contributed by atoms with Crippen LogP contribution < -0.4 is 5.32 Å². The fourth-order valence-corrected chi connectivity index (χ4v) is 1.49. The molecule has 0 amide bonds. The molecule has 2 nitrogen and oxygen atoms in total. The normalized spacial score (nSPS) is 12.7. The zero-order valence-electron chi connectivity index (χ0n) is 9.46. The molecule has 84 valence electrons. The van der Waals surface area contributed by atoms with Crippen molar-refractivity contribution < 1.29 is 4.39 Å². The Kier molecular flexibility index (Phi) is 5.26. The maximum atomic E-state index is 12.6. The number of nitrogens with one attached hydrogen (secondary N) is 1. The maximum Gasteiger partial charge on any atom is 0.141 e. The monoisotopic (exact) mass is 210 g/mol. The highest BCUT2D eigenvalue weighted by Crippen LogP contribution is 2.04. The van der Waals surface area contributed by atoms with Crippen molar-refractivity contribution in [2.45, 2.75) is 39.2 Å². The summed E-state index contributed by atoms with van der Waals surface area (Å²) in [5.41, 5.74) is 0.951. The van der Waals surface area contributed by atoms with E-state index in [-0.39, 0.29) is 5.82 Å². The van der Waals surface area contributed by atoms with Crippen LogP contribution in [0.1, 0.15) is 32.4 Å². The molecule has 0 aromatic carbocycles. The lowest BCUT2D eigenvalue weighted by molar-refractivity contribution is 0.489. The molecule has 1 aromatic rings. The Morgan fingerprint density at radius 1 is 1.40 bits per heavy atom. The molecule has 0 aliphatic carbocycles. The van der Waals surface area contributed by atoms with E-state index in [1.807, 2.05) is 0 Å². The SMILES string of the molecule is CCCNC(CC)Cc1ccc(F)cn1. The number of pyridine rings is 1. The van der Waals surface area contributed by atoms with E-state index in [2.05, 4.69) is 24.1 Å². The van der Waals surface area contributed by atoms with E-state index in [1.165, 1.54) is 12.3 Å². The van der Waals surface area contributed by atoms with Gasteiger partial charge >= 0.3 is 0 Å². The second-order valence-corrected chi connectivity index (χ2v) is 3.73. The first-order chi connectivity index (χ1) is 7.26. The van der Waals surface area contributed by atoms with Crippen molar-refractivity contribution in [2.24, 2.45) is 0 Å². The third-order valence-corrected chi connectivity index (χ3v) is 2.42. The summed E-state index contributed by atoms with van der Waals surface area (Å²) < 4.78 is 12.6. The summed E-state index contributed by atoms with van der Waals surface area (Å²) in [7, 11) is 0. The molecular weight excluding hydrogens is 191 g/mol. The maximum absolute atomic E-state index is 12.6. The predicted octanol–water partition coefficient (Wildman–Crippen LogP) is 2.54. The average Bonchev–Trinajstić information content (AvgIpc) is 2.27. The first-order valence-corrected chi connectivity index (χ1v) is 5.60. The summed E-state index contributed by atoms with van der Waals surface area (Å²) in [4.78, 5) is 4.06. The number of rotatable bonds is 6. The van der Waals surface area contributed by atoms with E-state index in [0.717, 1.165) is 31.5 Å². The van der Waals surface area contributed by atoms with Gasteiger partial charge in [-0.2, -0.15) is 0 Å². The van der Waals surface area contributed by atoms with Gasteiger partial charge in [-0.05, 0) is 31.5 Å². The second-order valence-electron chi connectivity index (χ2n) is 3.73. The summed E-state index contributed by atoms with van der Waals surface area (Å²) in [6.07, 6.45) is 4.35. The molecule has 1 N–H and O–H groups in total. The quantitative estimate of drug-likeness (QED) is 0.780. The van der Waals surface area contributed by atoms with Gasteiger partial charge < -0.3 is 5.32 Å². The van der Waals surface area contributed by atoms with E-state index < -0.39 is 0 Å². The Bertz CT molecular complexity index is 271. The molecule has 0 saturated heterocycles. The highest BCUT2D eigenvalue weighted by molar-refractivity contribution is 5.06. The van der Waals surface area contributed by atoms with Gasteiger partial charge in [0.05, 0.1) is 6.20 Å². The van der Waals surface area contributed by atoms with E-state index in [4.69, 9.17) is 0 Å². The van der Waals surface area contributed by atoms with E-state index >= 15 is 0 Å². The molecule has 1 unspecified atom stereocenters. The molecular formula is C12H19FN2. The fourth-order valence-electron chi connectivity index (χ4n) is 1.49. The predicted molar refractivity (Wildman–Crippen MR) is 60.3 cm³/mol. The summed E-state index contributed by atoms with van der Waals surface area (Å²) in [6.45, 7) is 5.33. The van der Waals surface area contributed by atoms with Gasteiger partial charge in [-0.3, -0.25) is 4.98 Å². The van der Waals surface area contributed by atoms with E-state index in [9.17, 15) is 4.39 Å². The van der Waals surface area contributed by atoms with Crippen LogP contribution in [0.4, 0.5) is 4.39 Å². The Hall–Kier alpha value is -0.960. The number of halogens is 1. The van der Waals surface area contributed by atoms with Crippen LogP contribution in [0.3, 0.4) is 0 Å². The molecule has 0 radical (unpaired) electrons. The largest absolute Gasteiger partial charge is 0.314 e. The van der Waals surface area contributed by atoms with Gasteiger partial charge in [0.25, 0.3) is 0 Å². The van der Waals surface area contributed by atoms with Gasteiger partial charge in [-0.15, -0.1) is 0 Å². The smallest absolute Gasteiger partial charge is 0.141 e. The zero-order valence-corrected chi connectivity index (χ0v) is 9.46. The summed E-state index contributed by atoms with van der Waals surface area (Å²) in [5.74, 6) is -0.270. The Morgan fingerprint density at radius 2 is 2.20 bits per heavy atom. The first-order valence-electron chi connectivity index (χ1n) is 5.60. The highest BCUT2D eigenvalue weighted by Gasteiger charge is 2.06. The molecule has 1 rings (SSSR count). The van der Waals surface area contributed by atoms with Crippen LogP contribution in [0.2, 0.25) is 0 Å². The minimum atomic E-state index is -0.270. The molecule has 15 heavy (non-hydrogen) atoms. The van der Waals surface area contributed by atoms with Gasteiger partial charge in [0.1, 0.15) is 5.82 Å². The minimum Gasteiger partial charge on any atom is -0.314 e. The van der Waals surface area contributed by atoms with Crippen LogP contribution in [-0.2, 0) is 6.42 Å². The lowest BCUT2D eigenvalue weighted by atomic mass is 10.1. The minimum absolute atomic E-state index is 0.270.